The van der Waals surface area contributed by atoms with E-state index in [2.05, 4.69) is 15.2 Å². The number of rotatable bonds is 4. The lowest BCUT2D eigenvalue weighted by Gasteiger charge is -2.35. The molecular formula is C14H21N3O2. The van der Waals surface area contributed by atoms with Crippen LogP contribution in [0.3, 0.4) is 0 Å². The predicted octanol–water partition coefficient (Wildman–Crippen LogP) is 0.740. The summed E-state index contributed by atoms with van der Waals surface area (Å²) in [7, 11) is 0. The van der Waals surface area contributed by atoms with Crippen LogP contribution in [-0.4, -0.2) is 53.4 Å². The van der Waals surface area contributed by atoms with Crippen LogP contribution in [0.1, 0.15) is 18.5 Å². The fourth-order valence-electron chi connectivity index (χ4n) is 2.89. The van der Waals surface area contributed by atoms with Gasteiger partial charge in [0, 0.05) is 25.7 Å². The molecule has 2 unspecified atom stereocenters. The van der Waals surface area contributed by atoms with Crippen molar-refractivity contribution in [3.63, 3.8) is 0 Å². The summed E-state index contributed by atoms with van der Waals surface area (Å²) in [6.07, 6.45) is 4.36. The van der Waals surface area contributed by atoms with Crippen molar-refractivity contribution in [2.75, 3.05) is 26.2 Å². The van der Waals surface area contributed by atoms with Gasteiger partial charge in [0.15, 0.2) is 0 Å². The minimum atomic E-state index is 0.208. The Bertz CT molecular complexity index is 410. The summed E-state index contributed by atoms with van der Waals surface area (Å²) in [5.41, 5.74) is 0.938. The summed E-state index contributed by atoms with van der Waals surface area (Å²) in [5.74, 6) is 0.208. The summed E-state index contributed by atoms with van der Waals surface area (Å²) < 4.78 is 5.88. The maximum absolute atomic E-state index is 9.16. The van der Waals surface area contributed by atoms with Crippen molar-refractivity contribution < 1.29 is 9.84 Å². The molecule has 2 atom stereocenters. The second-order valence-corrected chi connectivity index (χ2v) is 5.38. The molecule has 0 radical (unpaired) electrons. The molecule has 2 N–H and O–H groups in total. The molecule has 104 valence electrons. The van der Waals surface area contributed by atoms with Gasteiger partial charge < -0.3 is 15.2 Å². The Balaban J connectivity index is 1.41. The van der Waals surface area contributed by atoms with Crippen molar-refractivity contribution in [3.8, 4) is 5.75 Å². The number of aromatic hydroxyl groups is 1. The molecule has 2 fully saturated rings. The number of hydrogen-bond acceptors (Lipinski definition) is 5. The van der Waals surface area contributed by atoms with Crippen molar-refractivity contribution in [2.45, 2.75) is 31.5 Å². The number of aromatic nitrogens is 1. The summed E-state index contributed by atoms with van der Waals surface area (Å²) in [6, 6.07) is 4.16. The molecule has 0 saturated carbocycles. The molecule has 2 aliphatic rings. The molecule has 2 saturated heterocycles. The molecule has 0 aliphatic carbocycles. The number of morpholine rings is 1. The fraction of sp³-hybridized carbons (Fsp3) is 0.643. The van der Waals surface area contributed by atoms with Gasteiger partial charge in [-0.1, -0.05) is 0 Å². The van der Waals surface area contributed by atoms with Crippen molar-refractivity contribution in [3.05, 3.63) is 24.0 Å². The van der Waals surface area contributed by atoms with Gasteiger partial charge in [-0.15, -0.1) is 0 Å². The van der Waals surface area contributed by atoms with Gasteiger partial charge in [-0.25, -0.2) is 0 Å². The Hall–Kier alpha value is -1.17. The Morgan fingerprint density at radius 3 is 3.26 bits per heavy atom. The number of nitrogens with one attached hydrogen (secondary N) is 1. The van der Waals surface area contributed by atoms with Gasteiger partial charge in [-0.2, -0.15) is 0 Å². The zero-order chi connectivity index (χ0) is 13.1. The van der Waals surface area contributed by atoms with Crippen molar-refractivity contribution in [2.24, 2.45) is 0 Å². The highest BCUT2D eigenvalue weighted by Crippen LogP contribution is 2.22. The Morgan fingerprint density at radius 2 is 2.42 bits per heavy atom. The SMILES string of the molecule is Oc1ccc(CNCC2CN3CCCC3CO2)nc1. The van der Waals surface area contributed by atoms with E-state index in [-0.39, 0.29) is 11.9 Å². The number of nitrogens with zero attached hydrogens (tertiary/aromatic N) is 2. The number of ether oxygens (including phenoxy) is 1. The molecule has 0 amide bonds. The molecule has 1 aromatic heterocycles. The summed E-state index contributed by atoms with van der Waals surface area (Å²) in [4.78, 5) is 6.70. The quantitative estimate of drug-likeness (QED) is 0.839. The van der Waals surface area contributed by atoms with E-state index in [1.54, 1.807) is 6.07 Å². The lowest BCUT2D eigenvalue weighted by Crippen LogP contribution is -2.49. The molecule has 3 rings (SSSR count). The molecule has 1 aromatic rings. The normalized spacial score (nSPS) is 27.4. The second kappa shape index (κ2) is 5.86. The largest absolute Gasteiger partial charge is 0.506 e. The van der Waals surface area contributed by atoms with Crippen LogP contribution < -0.4 is 5.32 Å². The van der Waals surface area contributed by atoms with Crippen LogP contribution in [0.25, 0.3) is 0 Å². The van der Waals surface area contributed by atoms with E-state index in [4.69, 9.17) is 9.84 Å². The van der Waals surface area contributed by atoms with Crippen LogP contribution in [0.15, 0.2) is 18.3 Å². The first-order valence-corrected chi connectivity index (χ1v) is 7.01. The average molecular weight is 263 g/mol. The van der Waals surface area contributed by atoms with Gasteiger partial charge in [-0.05, 0) is 31.5 Å². The van der Waals surface area contributed by atoms with Crippen LogP contribution in [0.5, 0.6) is 5.75 Å². The van der Waals surface area contributed by atoms with E-state index in [9.17, 15) is 0 Å². The van der Waals surface area contributed by atoms with Gasteiger partial charge >= 0.3 is 0 Å². The molecule has 0 spiro atoms. The Kier molecular flexibility index (Phi) is 3.96. The number of fused-ring (bicyclic) bond motifs is 1. The summed E-state index contributed by atoms with van der Waals surface area (Å²) in [5, 5.41) is 12.5. The van der Waals surface area contributed by atoms with E-state index in [1.165, 1.54) is 25.6 Å². The zero-order valence-corrected chi connectivity index (χ0v) is 11.1. The highest BCUT2D eigenvalue weighted by Gasteiger charge is 2.31. The summed E-state index contributed by atoms with van der Waals surface area (Å²) in [6.45, 7) is 4.71. The van der Waals surface area contributed by atoms with Crippen molar-refractivity contribution in [1.29, 1.82) is 0 Å². The smallest absolute Gasteiger partial charge is 0.133 e. The van der Waals surface area contributed by atoms with Crippen LogP contribution in [0.2, 0.25) is 0 Å². The number of pyridine rings is 1. The van der Waals surface area contributed by atoms with Crippen LogP contribution in [-0.2, 0) is 11.3 Å². The van der Waals surface area contributed by atoms with Gasteiger partial charge in [0.2, 0.25) is 0 Å². The molecule has 19 heavy (non-hydrogen) atoms. The van der Waals surface area contributed by atoms with Crippen LogP contribution in [0, 0.1) is 0 Å². The van der Waals surface area contributed by atoms with Crippen molar-refractivity contribution in [1.82, 2.24) is 15.2 Å². The van der Waals surface area contributed by atoms with Gasteiger partial charge in [0.05, 0.1) is 24.6 Å². The third-order valence-corrected chi connectivity index (χ3v) is 3.95. The molecule has 2 aliphatic heterocycles. The van der Waals surface area contributed by atoms with E-state index >= 15 is 0 Å². The lowest BCUT2D eigenvalue weighted by atomic mass is 10.2. The third kappa shape index (κ3) is 3.23. The van der Waals surface area contributed by atoms with Gasteiger partial charge in [-0.3, -0.25) is 9.88 Å². The highest BCUT2D eigenvalue weighted by atomic mass is 16.5. The first-order valence-electron chi connectivity index (χ1n) is 7.01. The molecule has 0 bridgehead atoms. The predicted molar refractivity (Wildman–Crippen MR) is 71.9 cm³/mol. The van der Waals surface area contributed by atoms with Crippen molar-refractivity contribution >= 4 is 0 Å². The van der Waals surface area contributed by atoms with E-state index < -0.39 is 0 Å². The van der Waals surface area contributed by atoms with E-state index in [0.29, 0.717) is 12.6 Å². The molecule has 3 heterocycles. The fourth-order valence-corrected chi connectivity index (χ4v) is 2.89. The maximum Gasteiger partial charge on any atom is 0.133 e. The molecule has 0 aromatic carbocycles. The summed E-state index contributed by atoms with van der Waals surface area (Å²) >= 11 is 0. The van der Waals surface area contributed by atoms with Crippen LogP contribution >= 0.6 is 0 Å². The average Bonchev–Trinajstić information content (AvgIpc) is 2.88. The third-order valence-electron chi connectivity index (χ3n) is 3.95. The highest BCUT2D eigenvalue weighted by molar-refractivity contribution is 5.17. The Labute approximate surface area is 113 Å². The van der Waals surface area contributed by atoms with E-state index in [0.717, 1.165) is 25.4 Å². The topological polar surface area (TPSA) is 57.6 Å². The molecule has 5 nitrogen and oxygen atoms in total. The monoisotopic (exact) mass is 263 g/mol. The number of hydrogen-bond donors (Lipinski definition) is 2. The Morgan fingerprint density at radius 1 is 1.47 bits per heavy atom. The van der Waals surface area contributed by atoms with Crippen LogP contribution in [0.4, 0.5) is 0 Å². The standard InChI is InChI=1S/C14H21N3O2/c18-13-4-3-11(16-7-13)6-15-8-14-9-17-5-1-2-12(17)10-19-14/h3-4,7,12,14-15,18H,1-2,5-6,8-10H2. The first-order chi connectivity index (χ1) is 9.31. The molecule has 5 heteroatoms. The van der Waals surface area contributed by atoms with Gasteiger partial charge in [0.1, 0.15) is 5.75 Å². The minimum absolute atomic E-state index is 0.208. The first kappa shape index (κ1) is 12.8. The minimum Gasteiger partial charge on any atom is -0.506 e. The van der Waals surface area contributed by atoms with Gasteiger partial charge in [0.25, 0.3) is 0 Å². The lowest BCUT2D eigenvalue weighted by molar-refractivity contribution is -0.0470. The van der Waals surface area contributed by atoms with E-state index in [1.807, 2.05) is 6.07 Å². The zero-order valence-electron chi connectivity index (χ0n) is 11.1. The maximum atomic E-state index is 9.16. The molecular weight excluding hydrogens is 242 g/mol. The second-order valence-electron chi connectivity index (χ2n) is 5.38.